The van der Waals surface area contributed by atoms with E-state index in [4.69, 9.17) is 9.73 Å². The maximum atomic E-state index is 10.5. The van der Waals surface area contributed by atoms with Crippen molar-refractivity contribution in [3.63, 3.8) is 0 Å². The lowest BCUT2D eigenvalue weighted by Crippen LogP contribution is -2.41. The fraction of sp³-hybridized carbons (Fsp3) is 0.667. The van der Waals surface area contributed by atoms with Crippen LogP contribution in [0.3, 0.4) is 0 Å². The second-order valence-electron chi connectivity index (χ2n) is 7.72. The molecule has 1 aromatic carbocycles. The fourth-order valence-electron chi connectivity index (χ4n) is 4.36. The van der Waals surface area contributed by atoms with Crippen molar-refractivity contribution in [2.45, 2.75) is 51.6 Å². The van der Waals surface area contributed by atoms with Gasteiger partial charge in [0.05, 0.1) is 19.8 Å². The lowest BCUT2D eigenvalue weighted by atomic mass is 9.73. The summed E-state index contributed by atoms with van der Waals surface area (Å²) in [6.07, 6.45) is 7.54. The molecule has 1 saturated carbocycles. The van der Waals surface area contributed by atoms with E-state index in [1.54, 1.807) is 7.11 Å². The van der Waals surface area contributed by atoms with Gasteiger partial charge in [0.25, 0.3) is 0 Å². The van der Waals surface area contributed by atoms with Crippen molar-refractivity contribution in [1.29, 1.82) is 0 Å². The second kappa shape index (κ2) is 10.5. The van der Waals surface area contributed by atoms with E-state index in [9.17, 15) is 5.11 Å². The maximum absolute atomic E-state index is 10.5. The molecule has 0 radical (unpaired) electrons. The van der Waals surface area contributed by atoms with Gasteiger partial charge in [0.15, 0.2) is 5.96 Å². The van der Waals surface area contributed by atoms with Crippen LogP contribution in [0.15, 0.2) is 29.3 Å². The van der Waals surface area contributed by atoms with Crippen LogP contribution in [0.1, 0.15) is 57.1 Å². The topological polar surface area (TPSA) is 57.1 Å². The highest BCUT2D eigenvalue weighted by Crippen LogP contribution is 2.43. The fourth-order valence-corrected chi connectivity index (χ4v) is 4.36. The number of likely N-dealkylation sites (tertiary alicyclic amines) is 1. The number of hydrogen-bond acceptors (Lipinski definition) is 3. The number of methoxy groups -OCH3 is 1. The number of aliphatic hydroxyl groups is 1. The van der Waals surface area contributed by atoms with Crippen LogP contribution in [-0.2, 0) is 0 Å². The molecule has 1 aliphatic heterocycles. The largest absolute Gasteiger partial charge is 0.497 e. The molecule has 152 valence electrons. The van der Waals surface area contributed by atoms with E-state index in [0.29, 0.717) is 12.0 Å². The summed E-state index contributed by atoms with van der Waals surface area (Å²) in [5.41, 5.74) is 1.37. The van der Waals surface area contributed by atoms with Gasteiger partial charge in [0, 0.05) is 19.6 Å². The summed E-state index contributed by atoms with van der Waals surface area (Å²) in [5.74, 6) is 1.75. The number of nitrogens with zero attached hydrogens (tertiary/aromatic N) is 2. The third-order valence-electron chi connectivity index (χ3n) is 5.90. The van der Waals surface area contributed by atoms with E-state index in [1.807, 2.05) is 24.3 Å². The molecule has 2 N–H and O–H groups in total. The first kappa shape index (κ1) is 22.3. The monoisotopic (exact) mass is 487 g/mol. The molecule has 2 fully saturated rings. The molecule has 27 heavy (non-hydrogen) atoms. The minimum absolute atomic E-state index is 0. The number of ether oxygens (including phenoxy) is 1. The van der Waals surface area contributed by atoms with Crippen molar-refractivity contribution in [3.8, 4) is 5.75 Å². The predicted octanol–water partition coefficient (Wildman–Crippen LogP) is 3.97. The molecule has 0 aromatic heterocycles. The summed E-state index contributed by atoms with van der Waals surface area (Å²) in [4.78, 5) is 7.14. The van der Waals surface area contributed by atoms with Crippen LogP contribution in [0.5, 0.6) is 5.75 Å². The minimum Gasteiger partial charge on any atom is -0.497 e. The molecule has 5 nitrogen and oxygen atoms in total. The van der Waals surface area contributed by atoms with Crippen molar-refractivity contribution < 1.29 is 9.84 Å². The maximum Gasteiger partial charge on any atom is 0.194 e. The third-order valence-corrected chi connectivity index (χ3v) is 5.90. The van der Waals surface area contributed by atoms with Gasteiger partial charge in [-0.05, 0) is 49.3 Å². The molecular weight excluding hydrogens is 453 g/mol. The number of hydrogen-bond donors (Lipinski definition) is 2. The van der Waals surface area contributed by atoms with Crippen LogP contribution in [0, 0.1) is 5.41 Å². The van der Waals surface area contributed by atoms with Crippen LogP contribution < -0.4 is 10.1 Å². The Morgan fingerprint density at radius 2 is 1.93 bits per heavy atom. The average molecular weight is 487 g/mol. The number of guanidine groups is 1. The zero-order chi connectivity index (χ0) is 18.4. The van der Waals surface area contributed by atoms with Crippen LogP contribution in [0.25, 0.3) is 0 Å². The Morgan fingerprint density at radius 3 is 2.56 bits per heavy atom. The first-order valence-electron chi connectivity index (χ1n) is 10.0. The van der Waals surface area contributed by atoms with Crippen molar-refractivity contribution in [2.75, 3.05) is 33.3 Å². The highest BCUT2D eigenvalue weighted by Gasteiger charge is 2.39. The van der Waals surface area contributed by atoms with Gasteiger partial charge in [-0.2, -0.15) is 0 Å². The zero-order valence-corrected chi connectivity index (χ0v) is 18.9. The Kier molecular flexibility index (Phi) is 8.66. The number of halogens is 1. The van der Waals surface area contributed by atoms with E-state index >= 15 is 0 Å². The SMILES string of the molecule is CCNC(=NCC(O)c1ccc(OC)cc1)N1CCC2(CCCCC2)C1.I. The van der Waals surface area contributed by atoms with Gasteiger partial charge < -0.3 is 20.1 Å². The number of aliphatic imine (C=N–C) groups is 1. The van der Waals surface area contributed by atoms with Gasteiger partial charge >= 0.3 is 0 Å². The summed E-state index contributed by atoms with van der Waals surface area (Å²) in [7, 11) is 1.65. The molecule has 1 atom stereocenters. The van der Waals surface area contributed by atoms with E-state index in [0.717, 1.165) is 36.9 Å². The van der Waals surface area contributed by atoms with Gasteiger partial charge in [-0.25, -0.2) is 0 Å². The number of benzene rings is 1. The zero-order valence-electron chi connectivity index (χ0n) is 16.6. The van der Waals surface area contributed by atoms with E-state index in [1.165, 1.54) is 38.5 Å². The molecule has 2 aliphatic rings. The molecular formula is C21H34IN3O2. The van der Waals surface area contributed by atoms with Crippen LogP contribution in [0.2, 0.25) is 0 Å². The number of rotatable bonds is 5. The van der Waals surface area contributed by atoms with Gasteiger partial charge in [-0.1, -0.05) is 31.4 Å². The van der Waals surface area contributed by atoms with Crippen LogP contribution in [-0.4, -0.2) is 49.3 Å². The quantitative estimate of drug-likeness (QED) is 0.375. The summed E-state index contributed by atoms with van der Waals surface area (Å²) < 4.78 is 5.18. The van der Waals surface area contributed by atoms with E-state index < -0.39 is 6.10 Å². The molecule has 0 bridgehead atoms. The van der Waals surface area contributed by atoms with E-state index in [2.05, 4.69) is 17.1 Å². The molecule has 1 heterocycles. The first-order chi connectivity index (χ1) is 12.7. The lowest BCUT2D eigenvalue weighted by molar-refractivity contribution is 0.186. The minimum atomic E-state index is -0.596. The molecule has 6 heteroatoms. The average Bonchev–Trinajstić information content (AvgIpc) is 3.08. The van der Waals surface area contributed by atoms with Gasteiger partial charge in [0.2, 0.25) is 0 Å². The molecule has 1 aromatic rings. The van der Waals surface area contributed by atoms with Gasteiger partial charge in [-0.15, -0.1) is 24.0 Å². The van der Waals surface area contributed by atoms with Gasteiger partial charge in [-0.3, -0.25) is 4.99 Å². The Bertz CT molecular complexity index is 600. The molecule has 0 amide bonds. The van der Waals surface area contributed by atoms with Crippen LogP contribution in [0.4, 0.5) is 0 Å². The Morgan fingerprint density at radius 1 is 1.22 bits per heavy atom. The Labute approximate surface area is 180 Å². The molecule has 1 aliphatic carbocycles. The van der Waals surface area contributed by atoms with Crippen molar-refractivity contribution >= 4 is 29.9 Å². The number of nitrogens with one attached hydrogen (secondary N) is 1. The summed E-state index contributed by atoms with van der Waals surface area (Å²) in [5, 5.41) is 13.9. The Balaban J connectivity index is 0.00000261. The molecule has 1 saturated heterocycles. The summed E-state index contributed by atoms with van der Waals surface area (Å²) >= 11 is 0. The molecule has 1 spiro atoms. The van der Waals surface area contributed by atoms with Crippen LogP contribution >= 0.6 is 24.0 Å². The normalized spacial score (nSPS) is 20.3. The third kappa shape index (κ3) is 5.73. The standard InChI is InChI=1S/C21H33N3O2.HI/c1-3-22-20(24-14-13-21(16-24)11-5-4-6-12-21)23-15-19(25)17-7-9-18(26-2)10-8-17;/h7-10,19,25H,3-6,11-16H2,1-2H3,(H,22,23);1H. The highest BCUT2D eigenvalue weighted by molar-refractivity contribution is 14.0. The van der Waals surface area contributed by atoms with Crippen molar-refractivity contribution in [2.24, 2.45) is 10.4 Å². The smallest absolute Gasteiger partial charge is 0.194 e. The summed E-state index contributed by atoms with van der Waals surface area (Å²) in [6.45, 7) is 5.50. The second-order valence-corrected chi connectivity index (χ2v) is 7.72. The predicted molar refractivity (Wildman–Crippen MR) is 121 cm³/mol. The first-order valence-corrected chi connectivity index (χ1v) is 10.0. The van der Waals surface area contributed by atoms with Crippen molar-refractivity contribution in [1.82, 2.24) is 10.2 Å². The highest BCUT2D eigenvalue weighted by atomic mass is 127. The van der Waals surface area contributed by atoms with E-state index in [-0.39, 0.29) is 24.0 Å². The Hall–Kier alpha value is -1.02. The molecule has 1 unspecified atom stereocenters. The van der Waals surface area contributed by atoms with Crippen molar-refractivity contribution in [3.05, 3.63) is 29.8 Å². The van der Waals surface area contributed by atoms with Gasteiger partial charge in [0.1, 0.15) is 5.75 Å². The lowest BCUT2D eigenvalue weighted by Gasteiger charge is -2.33. The summed E-state index contributed by atoms with van der Waals surface area (Å²) in [6, 6.07) is 7.55. The number of aliphatic hydroxyl groups excluding tert-OH is 1. The molecule has 3 rings (SSSR count).